The normalized spacial score (nSPS) is 10.2. The Morgan fingerprint density at radius 1 is 1.11 bits per heavy atom. The molecular formula is C14H11Br2NOS. The highest BCUT2D eigenvalue weighted by molar-refractivity contribution is 9.10. The van der Waals surface area contributed by atoms with Gasteiger partial charge in [-0.15, -0.1) is 0 Å². The molecule has 0 bridgehead atoms. The van der Waals surface area contributed by atoms with Gasteiger partial charge < -0.3 is 10.4 Å². The summed E-state index contributed by atoms with van der Waals surface area (Å²) in [6.45, 7) is 0.619. The molecule has 0 saturated carbocycles. The molecule has 0 aromatic heterocycles. The lowest BCUT2D eigenvalue weighted by atomic mass is 10.2. The van der Waals surface area contributed by atoms with Crippen molar-refractivity contribution in [2.75, 3.05) is 0 Å². The second kappa shape index (κ2) is 6.50. The van der Waals surface area contributed by atoms with Crippen molar-refractivity contribution in [2.24, 2.45) is 0 Å². The maximum atomic E-state index is 9.84. The van der Waals surface area contributed by atoms with Crippen LogP contribution in [0.4, 0.5) is 0 Å². The van der Waals surface area contributed by atoms with E-state index in [0.717, 1.165) is 14.5 Å². The van der Waals surface area contributed by atoms with Crippen molar-refractivity contribution in [2.45, 2.75) is 6.54 Å². The van der Waals surface area contributed by atoms with Crippen LogP contribution in [-0.4, -0.2) is 10.1 Å². The molecule has 2 aromatic carbocycles. The molecule has 0 unspecified atom stereocenters. The molecule has 2 N–H and O–H groups in total. The number of nitrogens with one attached hydrogen (secondary N) is 1. The summed E-state index contributed by atoms with van der Waals surface area (Å²) in [6.07, 6.45) is 0. The Hall–Kier alpha value is -0.910. The molecule has 2 nitrogen and oxygen atoms in total. The summed E-state index contributed by atoms with van der Waals surface area (Å²) in [5, 5.41) is 13.0. The van der Waals surface area contributed by atoms with Gasteiger partial charge in [-0.25, -0.2) is 0 Å². The van der Waals surface area contributed by atoms with E-state index in [1.165, 1.54) is 0 Å². The summed E-state index contributed by atoms with van der Waals surface area (Å²) in [7, 11) is 0. The van der Waals surface area contributed by atoms with Crippen molar-refractivity contribution in [1.29, 1.82) is 0 Å². The number of halogens is 2. The van der Waals surface area contributed by atoms with E-state index >= 15 is 0 Å². The minimum Gasteiger partial charge on any atom is -0.507 e. The van der Waals surface area contributed by atoms with Crippen LogP contribution in [0, 0.1) is 0 Å². The smallest absolute Gasteiger partial charge is 0.126 e. The summed E-state index contributed by atoms with van der Waals surface area (Å²) in [5.74, 6) is 0.168. The Balaban J connectivity index is 2.05. The van der Waals surface area contributed by atoms with Gasteiger partial charge in [0.1, 0.15) is 10.7 Å². The minimum atomic E-state index is 0.168. The Morgan fingerprint density at radius 3 is 2.53 bits per heavy atom. The van der Waals surface area contributed by atoms with Crippen molar-refractivity contribution in [3.05, 3.63) is 62.5 Å². The van der Waals surface area contributed by atoms with Crippen LogP contribution in [0.1, 0.15) is 11.1 Å². The number of phenols is 1. The zero-order valence-corrected chi connectivity index (χ0v) is 13.8. The third kappa shape index (κ3) is 4.03. The molecule has 19 heavy (non-hydrogen) atoms. The van der Waals surface area contributed by atoms with Crippen molar-refractivity contribution >= 4 is 49.1 Å². The van der Waals surface area contributed by atoms with Gasteiger partial charge in [0.15, 0.2) is 0 Å². The van der Waals surface area contributed by atoms with E-state index in [9.17, 15) is 5.11 Å². The minimum absolute atomic E-state index is 0.168. The summed E-state index contributed by atoms with van der Waals surface area (Å²) >= 11 is 12.0. The Kier molecular flexibility index (Phi) is 4.96. The van der Waals surface area contributed by atoms with Gasteiger partial charge in [-0.2, -0.15) is 0 Å². The number of phenolic OH excluding ortho intramolecular Hbond substituents is 1. The number of hydrogen-bond donors (Lipinski definition) is 2. The van der Waals surface area contributed by atoms with Crippen LogP contribution in [0.2, 0.25) is 0 Å². The van der Waals surface area contributed by atoms with E-state index in [2.05, 4.69) is 37.2 Å². The monoisotopic (exact) mass is 399 g/mol. The average Bonchev–Trinajstić information content (AvgIpc) is 2.36. The maximum Gasteiger partial charge on any atom is 0.126 e. The van der Waals surface area contributed by atoms with E-state index in [1.54, 1.807) is 12.1 Å². The van der Waals surface area contributed by atoms with Gasteiger partial charge in [0.25, 0.3) is 0 Å². The highest BCUT2D eigenvalue weighted by atomic mass is 79.9. The fraction of sp³-hybridized carbons (Fsp3) is 0.0714. The third-order valence-electron chi connectivity index (χ3n) is 2.55. The summed E-state index contributed by atoms with van der Waals surface area (Å²) in [4.78, 5) is 0.532. The molecule has 2 rings (SSSR count). The topological polar surface area (TPSA) is 32.3 Å². The molecule has 0 saturated heterocycles. The molecule has 0 fully saturated rings. The number of rotatable bonds is 3. The first kappa shape index (κ1) is 14.5. The van der Waals surface area contributed by atoms with Crippen LogP contribution in [0.25, 0.3) is 0 Å². The highest BCUT2D eigenvalue weighted by Crippen LogP contribution is 2.22. The number of aromatic hydroxyl groups is 1. The summed E-state index contributed by atoms with van der Waals surface area (Å²) in [6, 6.07) is 13.3. The largest absolute Gasteiger partial charge is 0.507 e. The van der Waals surface area contributed by atoms with Crippen LogP contribution in [0.5, 0.6) is 5.75 Å². The Bertz CT molecular complexity index is 616. The van der Waals surface area contributed by atoms with Crippen molar-refractivity contribution in [3.63, 3.8) is 0 Å². The lowest BCUT2D eigenvalue weighted by Gasteiger charge is -2.10. The zero-order valence-electron chi connectivity index (χ0n) is 9.86. The molecule has 0 atom stereocenters. The number of benzene rings is 2. The lowest BCUT2D eigenvalue weighted by molar-refractivity contribution is 0.473. The first-order valence-corrected chi connectivity index (χ1v) is 7.57. The predicted molar refractivity (Wildman–Crippen MR) is 88.5 cm³/mol. The van der Waals surface area contributed by atoms with Gasteiger partial charge >= 0.3 is 0 Å². The predicted octanol–water partition coefficient (Wildman–Crippen LogP) is 4.38. The van der Waals surface area contributed by atoms with Gasteiger partial charge in [-0.05, 0) is 35.9 Å². The van der Waals surface area contributed by atoms with Crippen LogP contribution in [0.15, 0.2) is 51.4 Å². The third-order valence-corrected chi connectivity index (χ3v) is 3.90. The van der Waals surface area contributed by atoms with E-state index in [0.29, 0.717) is 17.1 Å². The highest BCUT2D eigenvalue weighted by Gasteiger charge is 2.07. The van der Waals surface area contributed by atoms with E-state index in [4.69, 9.17) is 12.2 Å². The fourth-order valence-electron chi connectivity index (χ4n) is 1.62. The molecular weight excluding hydrogens is 390 g/mol. The molecule has 0 radical (unpaired) electrons. The summed E-state index contributed by atoms with van der Waals surface area (Å²) in [5.41, 5.74) is 1.75. The first-order chi connectivity index (χ1) is 9.06. The van der Waals surface area contributed by atoms with Gasteiger partial charge in [0.05, 0.1) is 5.56 Å². The van der Waals surface area contributed by atoms with Crippen molar-refractivity contribution < 1.29 is 5.11 Å². The fourth-order valence-corrected chi connectivity index (χ4v) is 2.66. The zero-order chi connectivity index (χ0) is 13.8. The molecule has 5 heteroatoms. The Morgan fingerprint density at radius 2 is 1.84 bits per heavy atom. The van der Waals surface area contributed by atoms with Crippen LogP contribution < -0.4 is 5.32 Å². The molecule has 0 amide bonds. The second-order valence-corrected chi connectivity index (χ2v) is 6.21. The van der Waals surface area contributed by atoms with Crippen LogP contribution >= 0.6 is 44.1 Å². The average molecular weight is 401 g/mol. The molecule has 2 aromatic rings. The maximum absolute atomic E-state index is 9.84. The molecule has 0 spiro atoms. The van der Waals surface area contributed by atoms with E-state index in [-0.39, 0.29) is 5.75 Å². The van der Waals surface area contributed by atoms with Crippen molar-refractivity contribution in [3.8, 4) is 5.75 Å². The van der Waals surface area contributed by atoms with Gasteiger partial charge in [0.2, 0.25) is 0 Å². The molecule has 0 aliphatic rings. The molecule has 0 heterocycles. The number of thiocarbonyl (C=S) groups is 1. The van der Waals surface area contributed by atoms with Gasteiger partial charge in [-0.3, -0.25) is 0 Å². The molecule has 98 valence electrons. The van der Waals surface area contributed by atoms with Crippen LogP contribution in [-0.2, 0) is 6.54 Å². The Labute approximate surface area is 134 Å². The first-order valence-electron chi connectivity index (χ1n) is 5.57. The van der Waals surface area contributed by atoms with Crippen molar-refractivity contribution in [1.82, 2.24) is 5.32 Å². The number of hydrogen-bond acceptors (Lipinski definition) is 2. The summed E-state index contributed by atoms with van der Waals surface area (Å²) < 4.78 is 1.85. The quantitative estimate of drug-likeness (QED) is 0.749. The molecule has 0 aliphatic heterocycles. The molecule has 0 aliphatic carbocycles. The lowest BCUT2D eigenvalue weighted by Crippen LogP contribution is -2.21. The SMILES string of the molecule is Oc1cc(Br)ccc1C(=S)NCc1cccc(Br)c1. The van der Waals surface area contributed by atoms with Gasteiger partial charge in [0, 0.05) is 15.5 Å². The van der Waals surface area contributed by atoms with Gasteiger partial charge in [-0.1, -0.05) is 56.2 Å². The van der Waals surface area contributed by atoms with Crippen LogP contribution in [0.3, 0.4) is 0 Å². The van der Waals surface area contributed by atoms with E-state index < -0.39 is 0 Å². The standard InChI is InChI=1S/C14H11Br2NOS/c15-10-3-1-2-9(6-10)8-17-14(19)12-5-4-11(16)7-13(12)18/h1-7,18H,8H2,(H,17,19). The van der Waals surface area contributed by atoms with E-state index in [1.807, 2.05) is 30.3 Å². The second-order valence-electron chi connectivity index (χ2n) is 3.97.